The number of oxazole rings is 1. The highest BCUT2D eigenvalue weighted by Gasteiger charge is 2.40. The van der Waals surface area contributed by atoms with E-state index in [-0.39, 0.29) is 51.6 Å². The fourth-order valence-corrected chi connectivity index (χ4v) is 8.07. The van der Waals surface area contributed by atoms with E-state index in [1.807, 2.05) is 34.6 Å². The van der Waals surface area contributed by atoms with Crippen molar-refractivity contribution in [3.8, 4) is 16.8 Å². The van der Waals surface area contributed by atoms with Crippen LogP contribution >= 0.6 is 11.6 Å². The lowest BCUT2D eigenvalue weighted by Gasteiger charge is -2.49. The van der Waals surface area contributed by atoms with Gasteiger partial charge in [-0.3, -0.25) is 19.1 Å². The van der Waals surface area contributed by atoms with Crippen LogP contribution in [0.5, 0.6) is 0 Å². The number of fused-ring (bicyclic) bond motifs is 6. The van der Waals surface area contributed by atoms with Crippen LogP contribution in [0.15, 0.2) is 51.2 Å². The highest BCUT2D eigenvalue weighted by molar-refractivity contribution is 6.39. The van der Waals surface area contributed by atoms with Gasteiger partial charge in [-0.15, -0.1) is 0 Å². The number of hydrogen-bond acceptors (Lipinski definition) is 7. The van der Waals surface area contributed by atoms with Gasteiger partial charge in [0.05, 0.1) is 38.8 Å². The normalized spacial score (nSPS) is 17.7. The van der Waals surface area contributed by atoms with E-state index in [9.17, 15) is 9.59 Å². The standard InChI is InChI=1S/C37H38ClFN6O4/c1-8-26(46)43-15-21-10-11-22-32(44(21)14-20(43)7)23-13-24(39)28(27-19(6)9-12-25-35(27)49-37(48)42-25)29(38)33(23)45(36(22)47)34-30(17(2)3)40-16-41-31(34)18(4)5/h8-9,12-13,16-18,20-21H,1,10-11,14-15H2,2-7H3,(H,42,48). The third kappa shape index (κ3) is 5.00. The first kappa shape index (κ1) is 32.8. The van der Waals surface area contributed by atoms with Crippen molar-refractivity contribution < 1.29 is 13.6 Å². The van der Waals surface area contributed by atoms with Crippen LogP contribution in [0, 0.1) is 12.7 Å². The maximum Gasteiger partial charge on any atom is 0.417 e. The van der Waals surface area contributed by atoms with Crippen LogP contribution in [-0.4, -0.2) is 55.5 Å². The molecule has 1 saturated heterocycles. The number of amides is 1. The fourth-order valence-electron chi connectivity index (χ4n) is 7.70. The minimum absolute atomic E-state index is 0.00161. The van der Waals surface area contributed by atoms with E-state index >= 15 is 9.18 Å². The van der Waals surface area contributed by atoms with Crippen molar-refractivity contribution in [2.75, 3.05) is 18.0 Å². The van der Waals surface area contributed by atoms with Gasteiger partial charge in [-0.1, -0.05) is 51.9 Å². The number of aromatic amines is 1. The Morgan fingerprint density at radius 3 is 2.45 bits per heavy atom. The summed E-state index contributed by atoms with van der Waals surface area (Å²) >= 11 is 7.43. The fraction of sp³-hybridized carbons (Fsp3) is 0.378. The van der Waals surface area contributed by atoms with E-state index < -0.39 is 11.6 Å². The molecule has 5 aromatic rings. The Morgan fingerprint density at radius 2 is 1.80 bits per heavy atom. The number of aromatic nitrogens is 4. The van der Waals surface area contributed by atoms with E-state index in [1.54, 1.807) is 28.5 Å². The summed E-state index contributed by atoms with van der Waals surface area (Å²) in [5, 5.41) is 0.466. The number of carbonyl (C=O) groups is 1. The second-order valence-electron chi connectivity index (χ2n) is 13.8. The van der Waals surface area contributed by atoms with Gasteiger partial charge in [0.25, 0.3) is 5.56 Å². The van der Waals surface area contributed by atoms with Gasteiger partial charge in [-0.05, 0) is 62.3 Å². The van der Waals surface area contributed by atoms with Gasteiger partial charge in [0.1, 0.15) is 12.1 Å². The van der Waals surface area contributed by atoms with Crippen LogP contribution in [-0.2, 0) is 11.2 Å². The zero-order valence-corrected chi connectivity index (χ0v) is 29.1. The molecule has 1 N–H and O–H groups in total. The van der Waals surface area contributed by atoms with E-state index in [4.69, 9.17) is 16.0 Å². The maximum absolute atomic E-state index is 16.9. The predicted molar refractivity (Wildman–Crippen MR) is 190 cm³/mol. The molecule has 2 aliphatic rings. The molecule has 0 radical (unpaired) electrons. The lowest BCUT2D eigenvalue weighted by atomic mass is 9.89. The Hall–Kier alpha value is -4.77. The van der Waals surface area contributed by atoms with E-state index in [2.05, 4.69) is 26.4 Å². The van der Waals surface area contributed by atoms with Gasteiger partial charge < -0.3 is 14.2 Å². The SMILES string of the molecule is C=CC(=O)N1CC2CCc3c(c4cc(F)c(-c5c(C)ccc6[nH]c(=O)oc56)c(Cl)c4n(-c4c(C(C)C)ncnc4C(C)C)c3=O)N2CC1C. The van der Waals surface area contributed by atoms with Gasteiger partial charge in [0, 0.05) is 47.2 Å². The molecule has 2 aliphatic heterocycles. The number of piperazine rings is 1. The zero-order valence-electron chi connectivity index (χ0n) is 28.4. The Bertz CT molecular complexity index is 2300. The molecule has 12 heteroatoms. The smallest absolute Gasteiger partial charge is 0.407 e. The molecule has 5 heterocycles. The Labute approximate surface area is 287 Å². The van der Waals surface area contributed by atoms with Crippen LogP contribution in [0.25, 0.3) is 38.8 Å². The number of anilines is 1. The number of hydrogen-bond donors (Lipinski definition) is 1. The number of rotatable bonds is 5. The van der Waals surface area contributed by atoms with Crippen LogP contribution in [0.4, 0.5) is 10.1 Å². The summed E-state index contributed by atoms with van der Waals surface area (Å²) in [6.07, 6.45) is 3.89. The lowest BCUT2D eigenvalue weighted by molar-refractivity contribution is -0.129. The van der Waals surface area contributed by atoms with Crippen molar-refractivity contribution in [1.82, 2.24) is 24.4 Å². The number of aryl methyl sites for hydroxylation is 1. The first-order valence-corrected chi connectivity index (χ1v) is 17.0. The van der Waals surface area contributed by atoms with Gasteiger partial charge in [-0.2, -0.15) is 0 Å². The molecular weight excluding hydrogens is 647 g/mol. The van der Waals surface area contributed by atoms with Crippen molar-refractivity contribution in [1.29, 1.82) is 0 Å². The van der Waals surface area contributed by atoms with E-state index in [0.29, 0.717) is 81.8 Å². The predicted octanol–water partition coefficient (Wildman–Crippen LogP) is 6.77. The maximum atomic E-state index is 16.9. The molecule has 7 rings (SSSR count). The third-order valence-electron chi connectivity index (χ3n) is 9.98. The minimum atomic E-state index is -0.677. The topological polar surface area (TPSA) is 117 Å². The summed E-state index contributed by atoms with van der Waals surface area (Å²) in [6, 6.07) is 4.61. The molecule has 1 amide bonds. The van der Waals surface area contributed by atoms with Crippen molar-refractivity contribution in [3.63, 3.8) is 0 Å². The first-order valence-electron chi connectivity index (χ1n) is 16.6. The van der Waals surface area contributed by atoms with Crippen molar-refractivity contribution >= 4 is 45.2 Å². The molecule has 254 valence electrons. The number of H-pyrrole nitrogens is 1. The molecule has 2 unspecified atom stereocenters. The van der Waals surface area contributed by atoms with Crippen LogP contribution in [0.1, 0.15) is 75.4 Å². The van der Waals surface area contributed by atoms with Crippen LogP contribution in [0.2, 0.25) is 5.02 Å². The number of carbonyl (C=O) groups excluding carboxylic acids is 1. The summed E-state index contributed by atoms with van der Waals surface area (Å²) in [5.41, 5.74) is 4.60. The highest BCUT2D eigenvalue weighted by Crippen LogP contribution is 2.47. The molecule has 0 bridgehead atoms. The summed E-state index contributed by atoms with van der Waals surface area (Å²) in [6.45, 7) is 16.3. The van der Waals surface area contributed by atoms with Crippen LogP contribution < -0.4 is 16.2 Å². The molecule has 10 nitrogen and oxygen atoms in total. The van der Waals surface area contributed by atoms with Gasteiger partial charge in [0.15, 0.2) is 5.58 Å². The molecular formula is C37H38ClFN6O4. The molecule has 0 aliphatic carbocycles. The third-order valence-corrected chi connectivity index (χ3v) is 10.3. The summed E-state index contributed by atoms with van der Waals surface area (Å²) in [7, 11) is 0. The second kappa shape index (κ2) is 12.0. The number of halogens is 2. The molecule has 2 atom stereocenters. The largest absolute Gasteiger partial charge is 0.417 e. The van der Waals surface area contributed by atoms with Crippen molar-refractivity contribution in [2.45, 2.75) is 78.3 Å². The number of nitrogens with one attached hydrogen (secondary N) is 1. The molecule has 3 aromatic heterocycles. The van der Waals surface area contributed by atoms with Gasteiger partial charge >= 0.3 is 5.76 Å². The van der Waals surface area contributed by atoms with Crippen molar-refractivity contribution in [2.24, 2.45) is 0 Å². The quantitative estimate of drug-likeness (QED) is 0.203. The summed E-state index contributed by atoms with van der Waals surface area (Å²) in [5.74, 6) is -1.62. The second-order valence-corrected chi connectivity index (χ2v) is 14.1. The molecule has 1 fully saturated rings. The monoisotopic (exact) mass is 684 g/mol. The van der Waals surface area contributed by atoms with Crippen LogP contribution in [0.3, 0.4) is 0 Å². The molecule has 0 spiro atoms. The van der Waals surface area contributed by atoms with Gasteiger partial charge in [-0.25, -0.2) is 19.2 Å². The molecule has 2 aromatic carbocycles. The number of pyridine rings is 1. The van der Waals surface area contributed by atoms with E-state index in [0.717, 1.165) is 0 Å². The average Bonchev–Trinajstić information content (AvgIpc) is 3.45. The summed E-state index contributed by atoms with van der Waals surface area (Å²) < 4.78 is 24.0. The number of benzene rings is 2. The first-order chi connectivity index (χ1) is 23.3. The Morgan fingerprint density at radius 1 is 1.10 bits per heavy atom. The highest BCUT2D eigenvalue weighted by atomic mass is 35.5. The van der Waals surface area contributed by atoms with Gasteiger partial charge in [0.2, 0.25) is 5.91 Å². The Kier molecular flexibility index (Phi) is 8.01. The number of nitrogens with zero attached hydrogens (tertiary/aromatic N) is 5. The molecule has 49 heavy (non-hydrogen) atoms. The lowest BCUT2D eigenvalue weighted by Crippen LogP contribution is -2.60. The minimum Gasteiger partial charge on any atom is -0.407 e. The zero-order chi connectivity index (χ0) is 35.0. The van der Waals surface area contributed by atoms with Crippen molar-refractivity contribution in [3.05, 3.63) is 91.4 Å². The molecule has 0 saturated carbocycles. The Balaban J connectivity index is 1.64. The summed E-state index contributed by atoms with van der Waals surface area (Å²) in [4.78, 5) is 56.1. The van der Waals surface area contributed by atoms with E-state index in [1.165, 1.54) is 18.5 Å². The average molecular weight is 685 g/mol.